The Morgan fingerprint density at radius 3 is 2.81 bits per heavy atom. The van der Waals surface area contributed by atoms with Crippen molar-refractivity contribution in [3.8, 4) is 5.75 Å². The standard InChI is InChI=1S/C13H11NO2/c15-10-7-11(8-10)16-12-5-1-3-9-4-2-6-14-13(9)12/h1-6,11H,7-8H2. The molecule has 3 nitrogen and oxygen atoms in total. The fourth-order valence-corrected chi connectivity index (χ4v) is 1.88. The molecule has 0 atom stereocenters. The molecule has 3 rings (SSSR count). The molecule has 1 fully saturated rings. The number of benzene rings is 1. The minimum Gasteiger partial charge on any atom is -0.487 e. The Balaban J connectivity index is 1.94. The minimum absolute atomic E-state index is 0.0418. The van der Waals surface area contributed by atoms with Crippen molar-refractivity contribution >= 4 is 16.7 Å². The Morgan fingerprint density at radius 1 is 1.19 bits per heavy atom. The molecule has 1 aliphatic carbocycles. The monoisotopic (exact) mass is 213 g/mol. The van der Waals surface area contributed by atoms with E-state index in [1.54, 1.807) is 6.20 Å². The van der Waals surface area contributed by atoms with Gasteiger partial charge in [-0.05, 0) is 12.1 Å². The summed E-state index contributed by atoms with van der Waals surface area (Å²) in [5, 5.41) is 1.06. The van der Waals surface area contributed by atoms with Crippen LogP contribution in [0.2, 0.25) is 0 Å². The number of rotatable bonds is 2. The second kappa shape index (κ2) is 3.59. The van der Waals surface area contributed by atoms with Crippen molar-refractivity contribution in [2.24, 2.45) is 0 Å². The highest BCUT2D eigenvalue weighted by Crippen LogP contribution is 2.28. The van der Waals surface area contributed by atoms with E-state index in [1.807, 2.05) is 30.3 Å². The van der Waals surface area contributed by atoms with Crippen LogP contribution in [0.15, 0.2) is 36.5 Å². The van der Waals surface area contributed by atoms with Gasteiger partial charge in [0.1, 0.15) is 23.2 Å². The number of ether oxygens (including phenoxy) is 1. The zero-order valence-electron chi connectivity index (χ0n) is 8.72. The molecule has 80 valence electrons. The molecule has 16 heavy (non-hydrogen) atoms. The van der Waals surface area contributed by atoms with Crippen LogP contribution in [0.4, 0.5) is 0 Å². The van der Waals surface area contributed by atoms with Crippen molar-refractivity contribution in [1.29, 1.82) is 0 Å². The predicted molar refractivity (Wildman–Crippen MR) is 60.4 cm³/mol. The smallest absolute Gasteiger partial charge is 0.145 e. The van der Waals surface area contributed by atoms with Crippen LogP contribution < -0.4 is 4.74 Å². The molecular formula is C13H11NO2. The van der Waals surface area contributed by atoms with Gasteiger partial charge in [-0.3, -0.25) is 9.78 Å². The summed E-state index contributed by atoms with van der Waals surface area (Å²) in [6.45, 7) is 0. The van der Waals surface area contributed by atoms with Crippen molar-refractivity contribution in [2.75, 3.05) is 0 Å². The highest BCUT2D eigenvalue weighted by molar-refractivity contribution is 5.86. The lowest BCUT2D eigenvalue weighted by Crippen LogP contribution is -2.33. The highest BCUT2D eigenvalue weighted by Gasteiger charge is 2.28. The second-order valence-electron chi connectivity index (χ2n) is 4.02. The van der Waals surface area contributed by atoms with E-state index in [1.165, 1.54) is 0 Å². The van der Waals surface area contributed by atoms with Gasteiger partial charge in [-0.1, -0.05) is 18.2 Å². The summed E-state index contributed by atoms with van der Waals surface area (Å²) in [5.74, 6) is 1.05. The summed E-state index contributed by atoms with van der Waals surface area (Å²) < 4.78 is 5.75. The third kappa shape index (κ3) is 1.54. The third-order valence-corrected chi connectivity index (χ3v) is 2.80. The Labute approximate surface area is 93.1 Å². The molecule has 0 amide bonds. The van der Waals surface area contributed by atoms with Gasteiger partial charge in [0.05, 0.1) is 0 Å². The fourth-order valence-electron chi connectivity index (χ4n) is 1.88. The maximum absolute atomic E-state index is 10.9. The number of ketones is 1. The average molecular weight is 213 g/mol. The number of fused-ring (bicyclic) bond motifs is 1. The molecule has 0 unspecified atom stereocenters. The Morgan fingerprint density at radius 2 is 2.00 bits per heavy atom. The number of hydrogen-bond donors (Lipinski definition) is 0. The molecule has 1 aromatic carbocycles. The Kier molecular flexibility index (Phi) is 2.10. The number of pyridine rings is 1. The summed E-state index contributed by atoms with van der Waals surface area (Å²) >= 11 is 0. The maximum atomic E-state index is 10.9. The van der Waals surface area contributed by atoms with E-state index in [0.29, 0.717) is 12.8 Å². The molecule has 0 radical (unpaired) electrons. The zero-order chi connectivity index (χ0) is 11.0. The van der Waals surface area contributed by atoms with Crippen molar-refractivity contribution in [3.05, 3.63) is 36.5 Å². The highest BCUT2D eigenvalue weighted by atomic mass is 16.5. The maximum Gasteiger partial charge on any atom is 0.145 e. The predicted octanol–water partition coefficient (Wildman–Crippen LogP) is 2.35. The van der Waals surface area contributed by atoms with Gasteiger partial charge in [0, 0.05) is 24.4 Å². The SMILES string of the molecule is O=C1CC(Oc2cccc3cccnc23)C1. The molecule has 0 bridgehead atoms. The van der Waals surface area contributed by atoms with Crippen LogP contribution in [0.5, 0.6) is 5.75 Å². The Hall–Kier alpha value is -1.90. The van der Waals surface area contributed by atoms with Gasteiger partial charge in [0.2, 0.25) is 0 Å². The number of para-hydroxylation sites is 1. The van der Waals surface area contributed by atoms with E-state index in [9.17, 15) is 4.79 Å². The lowest BCUT2D eigenvalue weighted by atomic mass is 9.94. The normalized spacial score (nSPS) is 16.1. The van der Waals surface area contributed by atoms with E-state index in [2.05, 4.69) is 4.98 Å². The molecule has 0 saturated heterocycles. The Bertz CT molecular complexity index is 537. The molecule has 0 N–H and O–H groups in total. The molecule has 1 aliphatic rings. The molecular weight excluding hydrogens is 202 g/mol. The van der Waals surface area contributed by atoms with Gasteiger partial charge in [0.25, 0.3) is 0 Å². The molecule has 1 aromatic heterocycles. The molecule has 1 saturated carbocycles. The van der Waals surface area contributed by atoms with E-state index < -0.39 is 0 Å². The van der Waals surface area contributed by atoms with Crippen LogP contribution in [0.25, 0.3) is 10.9 Å². The van der Waals surface area contributed by atoms with Gasteiger partial charge in [-0.25, -0.2) is 0 Å². The number of aromatic nitrogens is 1. The van der Waals surface area contributed by atoms with Gasteiger partial charge >= 0.3 is 0 Å². The molecule has 1 heterocycles. The van der Waals surface area contributed by atoms with Crippen LogP contribution >= 0.6 is 0 Å². The van der Waals surface area contributed by atoms with Crippen LogP contribution in [0, 0.1) is 0 Å². The van der Waals surface area contributed by atoms with Gasteiger partial charge in [-0.2, -0.15) is 0 Å². The summed E-state index contributed by atoms with van der Waals surface area (Å²) in [6.07, 6.45) is 2.85. The van der Waals surface area contributed by atoms with Crippen molar-refractivity contribution < 1.29 is 9.53 Å². The minimum atomic E-state index is 0.0418. The molecule has 3 heteroatoms. The van der Waals surface area contributed by atoms with Crippen molar-refractivity contribution in [3.63, 3.8) is 0 Å². The van der Waals surface area contributed by atoms with Crippen LogP contribution in [0.3, 0.4) is 0 Å². The van der Waals surface area contributed by atoms with Gasteiger partial charge in [0.15, 0.2) is 0 Å². The lowest BCUT2D eigenvalue weighted by Gasteiger charge is -2.25. The van der Waals surface area contributed by atoms with Crippen molar-refractivity contribution in [1.82, 2.24) is 4.98 Å². The summed E-state index contributed by atoms with van der Waals surface area (Å²) in [4.78, 5) is 15.2. The molecule has 0 spiro atoms. The summed E-state index contributed by atoms with van der Waals surface area (Å²) in [6, 6.07) is 9.75. The number of carbonyl (C=O) groups excluding carboxylic acids is 1. The second-order valence-corrected chi connectivity index (χ2v) is 4.02. The van der Waals surface area contributed by atoms with Crippen LogP contribution in [-0.4, -0.2) is 16.9 Å². The van der Waals surface area contributed by atoms with Gasteiger partial charge < -0.3 is 4.74 Å². The van der Waals surface area contributed by atoms with Gasteiger partial charge in [-0.15, -0.1) is 0 Å². The first-order valence-corrected chi connectivity index (χ1v) is 5.35. The number of hydrogen-bond acceptors (Lipinski definition) is 3. The first-order valence-electron chi connectivity index (χ1n) is 5.35. The summed E-state index contributed by atoms with van der Waals surface area (Å²) in [7, 11) is 0. The van der Waals surface area contributed by atoms with Crippen LogP contribution in [0.1, 0.15) is 12.8 Å². The van der Waals surface area contributed by atoms with E-state index in [0.717, 1.165) is 16.7 Å². The fraction of sp³-hybridized carbons (Fsp3) is 0.231. The molecule has 2 aromatic rings. The number of Topliss-reactive ketones (excluding diaryl/α,β-unsaturated/α-hetero) is 1. The average Bonchev–Trinajstić information content (AvgIpc) is 2.27. The first kappa shape index (κ1) is 9.33. The molecule has 0 aliphatic heterocycles. The lowest BCUT2D eigenvalue weighted by molar-refractivity contribution is -0.129. The summed E-state index contributed by atoms with van der Waals surface area (Å²) in [5.41, 5.74) is 0.865. The number of carbonyl (C=O) groups is 1. The zero-order valence-corrected chi connectivity index (χ0v) is 8.72. The third-order valence-electron chi connectivity index (χ3n) is 2.80. The first-order chi connectivity index (χ1) is 7.83. The number of nitrogens with zero attached hydrogens (tertiary/aromatic N) is 1. The van der Waals surface area contributed by atoms with Crippen molar-refractivity contribution in [2.45, 2.75) is 18.9 Å². The largest absolute Gasteiger partial charge is 0.487 e. The topological polar surface area (TPSA) is 39.2 Å². The van der Waals surface area contributed by atoms with Crippen LogP contribution in [-0.2, 0) is 4.79 Å². The van der Waals surface area contributed by atoms with E-state index in [-0.39, 0.29) is 11.9 Å². The quantitative estimate of drug-likeness (QED) is 0.768. The van der Waals surface area contributed by atoms with E-state index in [4.69, 9.17) is 4.74 Å². The van der Waals surface area contributed by atoms with E-state index >= 15 is 0 Å².